The Bertz CT molecular complexity index is 1480. The fourth-order valence-electron chi connectivity index (χ4n) is 5.34. The van der Waals surface area contributed by atoms with E-state index in [9.17, 15) is 22.4 Å². The quantitative estimate of drug-likeness (QED) is 0.277. The van der Waals surface area contributed by atoms with Gasteiger partial charge in [-0.3, -0.25) is 13.9 Å². The zero-order valence-electron chi connectivity index (χ0n) is 23.9. The van der Waals surface area contributed by atoms with Crippen molar-refractivity contribution in [2.75, 3.05) is 10.8 Å². The van der Waals surface area contributed by atoms with Crippen molar-refractivity contribution in [2.45, 2.75) is 75.9 Å². The molecule has 2 amide bonds. The van der Waals surface area contributed by atoms with Gasteiger partial charge in [0.05, 0.1) is 10.6 Å². The molecular formula is C32H37ClFN3O4S. The van der Waals surface area contributed by atoms with Crippen molar-refractivity contribution in [1.82, 2.24) is 10.2 Å². The summed E-state index contributed by atoms with van der Waals surface area (Å²) in [6.45, 7) is 3.06. The minimum Gasteiger partial charge on any atom is -0.352 e. The second kappa shape index (κ2) is 14.2. The molecule has 1 aliphatic rings. The van der Waals surface area contributed by atoms with Gasteiger partial charge >= 0.3 is 0 Å². The predicted octanol–water partition coefficient (Wildman–Crippen LogP) is 6.24. The highest BCUT2D eigenvalue weighted by molar-refractivity contribution is 7.92. The number of nitrogens with one attached hydrogen (secondary N) is 1. The number of nitrogens with zero attached hydrogens (tertiary/aromatic N) is 2. The van der Waals surface area contributed by atoms with Crippen LogP contribution in [0.2, 0.25) is 5.02 Å². The Morgan fingerprint density at radius 3 is 2.24 bits per heavy atom. The van der Waals surface area contributed by atoms with Gasteiger partial charge in [0.1, 0.15) is 18.4 Å². The fraction of sp³-hybridized carbons (Fsp3) is 0.375. The van der Waals surface area contributed by atoms with E-state index in [0.717, 1.165) is 36.4 Å². The van der Waals surface area contributed by atoms with Crippen LogP contribution in [0.15, 0.2) is 77.7 Å². The summed E-state index contributed by atoms with van der Waals surface area (Å²) >= 11 is 6.02. The number of hydrogen-bond donors (Lipinski definition) is 1. The van der Waals surface area contributed by atoms with Crippen molar-refractivity contribution >= 4 is 39.1 Å². The van der Waals surface area contributed by atoms with E-state index in [1.165, 1.54) is 41.3 Å². The van der Waals surface area contributed by atoms with Crippen LogP contribution < -0.4 is 9.62 Å². The molecule has 0 aliphatic heterocycles. The number of aryl methyl sites for hydroxylation is 1. The van der Waals surface area contributed by atoms with E-state index >= 15 is 0 Å². The first-order valence-electron chi connectivity index (χ1n) is 14.3. The summed E-state index contributed by atoms with van der Waals surface area (Å²) in [4.78, 5) is 29.2. The molecule has 3 aromatic carbocycles. The van der Waals surface area contributed by atoms with Crippen LogP contribution in [-0.2, 0) is 26.2 Å². The molecule has 1 atom stereocenters. The van der Waals surface area contributed by atoms with Crippen molar-refractivity contribution in [3.63, 3.8) is 0 Å². The summed E-state index contributed by atoms with van der Waals surface area (Å²) in [6.07, 6.45) is 5.29. The van der Waals surface area contributed by atoms with Crippen molar-refractivity contribution < 1.29 is 22.4 Å². The number of benzene rings is 3. The van der Waals surface area contributed by atoms with Crippen molar-refractivity contribution in [2.24, 2.45) is 0 Å². The van der Waals surface area contributed by atoms with Gasteiger partial charge in [-0.15, -0.1) is 0 Å². The van der Waals surface area contributed by atoms with Crippen LogP contribution in [0.5, 0.6) is 0 Å². The lowest BCUT2D eigenvalue weighted by Crippen LogP contribution is -2.54. The maximum Gasteiger partial charge on any atom is 0.264 e. The first-order chi connectivity index (χ1) is 20.1. The highest BCUT2D eigenvalue weighted by Gasteiger charge is 2.34. The molecule has 0 spiro atoms. The highest BCUT2D eigenvalue weighted by atomic mass is 35.5. The average molecular weight is 614 g/mol. The molecule has 0 radical (unpaired) electrons. The number of rotatable bonds is 11. The smallest absolute Gasteiger partial charge is 0.264 e. The number of carbonyl (C=O) groups is 2. The molecule has 1 fully saturated rings. The number of halogens is 2. The maximum atomic E-state index is 14.2. The van der Waals surface area contributed by atoms with Crippen LogP contribution in [0.3, 0.4) is 0 Å². The first-order valence-corrected chi connectivity index (χ1v) is 16.1. The van der Waals surface area contributed by atoms with Crippen molar-refractivity contribution in [3.05, 3.63) is 94.8 Å². The monoisotopic (exact) mass is 613 g/mol. The van der Waals surface area contributed by atoms with Crippen LogP contribution in [0, 0.1) is 12.7 Å². The van der Waals surface area contributed by atoms with Gasteiger partial charge in [0.2, 0.25) is 11.8 Å². The minimum atomic E-state index is -4.20. The Labute approximate surface area is 252 Å². The molecule has 224 valence electrons. The van der Waals surface area contributed by atoms with Gasteiger partial charge in [0, 0.05) is 17.6 Å². The third-order valence-electron chi connectivity index (χ3n) is 7.67. The molecule has 1 N–H and O–H groups in total. The molecule has 7 nitrogen and oxygen atoms in total. The summed E-state index contributed by atoms with van der Waals surface area (Å²) in [5, 5.41) is 3.50. The number of sulfonamides is 1. The van der Waals surface area contributed by atoms with Crippen molar-refractivity contribution in [1.29, 1.82) is 0 Å². The number of para-hydroxylation sites is 1. The summed E-state index contributed by atoms with van der Waals surface area (Å²) < 4.78 is 42.7. The van der Waals surface area contributed by atoms with Crippen LogP contribution in [0.4, 0.5) is 10.1 Å². The van der Waals surface area contributed by atoms with Crippen molar-refractivity contribution in [3.8, 4) is 0 Å². The second-order valence-corrected chi connectivity index (χ2v) is 13.0. The number of carbonyl (C=O) groups excluding carboxylic acids is 2. The average Bonchev–Trinajstić information content (AvgIpc) is 2.98. The molecule has 1 saturated carbocycles. The van der Waals surface area contributed by atoms with E-state index < -0.39 is 34.3 Å². The van der Waals surface area contributed by atoms with Gasteiger partial charge in [-0.25, -0.2) is 12.8 Å². The Kier molecular flexibility index (Phi) is 10.6. The fourth-order valence-corrected chi connectivity index (χ4v) is 6.95. The lowest BCUT2D eigenvalue weighted by Gasteiger charge is -2.34. The Hall–Kier alpha value is -3.43. The standard InChI is InChI=1S/C32H37ClFN3O4S/c1-3-29(32(39)35-27-10-5-4-6-11-27)36(21-24-13-17-26(34)18-14-24)31(38)22-37(30-12-8-7-9-23(30)2)42(40,41)28-19-15-25(33)16-20-28/h7-9,12-20,27,29H,3-6,10-11,21-22H2,1-2H3,(H,35,39)/t29-/m0/s1. The van der Waals surface area contributed by atoms with Crippen LogP contribution in [0.25, 0.3) is 0 Å². The zero-order chi connectivity index (χ0) is 30.3. The Balaban J connectivity index is 1.71. The molecule has 0 heterocycles. The SMILES string of the molecule is CC[C@@H](C(=O)NC1CCCCC1)N(Cc1ccc(F)cc1)C(=O)CN(c1ccccc1C)S(=O)(=O)c1ccc(Cl)cc1. The van der Waals surface area contributed by atoms with Gasteiger partial charge < -0.3 is 10.2 Å². The predicted molar refractivity (Wildman–Crippen MR) is 163 cm³/mol. The summed E-state index contributed by atoms with van der Waals surface area (Å²) in [5.41, 5.74) is 1.63. The van der Waals surface area contributed by atoms with Gasteiger partial charge in [-0.1, -0.05) is 68.1 Å². The maximum absolute atomic E-state index is 14.2. The van der Waals surface area contributed by atoms with Gasteiger partial charge in [-0.2, -0.15) is 0 Å². The topological polar surface area (TPSA) is 86.8 Å². The minimum absolute atomic E-state index is 0.0122. The van der Waals surface area contributed by atoms with Gasteiger partial charge in [0.15, 0.2) is 0 Å². The molecule has 42 heavy (non-hydrogen) atoms. The lowest BCUT2D eigenvalue weighted by molar-refractivity contribution is -0.140. The summed E-state index contributed by atoms with van der Waals surface area (Å²) in [7, 11) is -4.20. The van der Waals surface area contributed by atoms with E-state index in [1.54, 1.807) is 43.3 Å². The van der Waals surface area contributed by atoms with Gasteiger partial charge in [0.25, 0.3) is 10.0 Å². The first kappa shape index (κ1) is 31.5. The van der Waals surface area contributed by atoms with Crippen LogP contribution >= 0.6 is 11.6 Å². The third-order valence-corrected chi connectivity index (χ3v) is 9.69. The number of hydrogen-bond acceptors (Lipinski definition) is 4. The molecule has 10 heteroatoms. The van der Waals surface area contributed by atoms with E-state index in [0.29, 0.717) is 28.3 Å². The Morgan fingerprint density at radius 1 is 0.976 bits per heavy atom. The van der Waals surface area contributed by atoms with E-state index in [2.05, 4.69) is 5.32 Å². The van der Waals surface area contributed by atoms with E-state index in [1.807, 2.05) is 6.92 Å². The summed E-state index contributed by atoms with van der Waals surface area (Å²) in [5.74, 6) is -1.24. The molecule has 0 bridgehead atoms. The van der Waals surface area contributed by atoms with Crippen LogP contribution in [-0.4, -0.2) is 43.8 Å². The lowest BCUT2D eigenvalue weighted by atomic mass is 9.95. The molecule has 3 aromatic rings. The summed E-state index contributed by atoms with van der Waals surface area (Å²) in [6, 6.07) is 17.6. The Morgan fingerprint density at radius 2 is 1.62 bits per heavy atom. The largest absolute Gasteiger partial charge is 0.352 e. The molecule has 1 aliphatic carbocycles. The molecule has 0 unspecified atom stereocenters. The molecular weight excluding hydrogens is 577 g/mol. The van der Waals surface area contributed by atoms with Crippen LogP contribution in [0.1, 0.15) is 56.6 Å². The third kappa shape index (κ3) is 7.69. The molecule has 0 saturated heterocycles. The second-order valence-electron chi connectivity index (χ2n) is 10.7. The normalized spacial score (nSPS) is 14.7. The number of anilines is 1. The van der Waals surface area contributed by atoms with E-state index in [4.69, 9.17) is 11.6 Å². The van der Waals surface area contributed by atoms with Gasteiger partial charge in [-0.05, 0) is 79.8 Å². The highest BCUT2D eigenvalue weighted by Crippen LogP contribution is 2.28. The molecule has 0 aromatic heterocycles. The number of amides is 2. The molecule has 4 rings (SSSR count). The zero-order valence-corrected chi connectivity index (χ0v) is 25.5. The van der Waals surface area contributed by atoms with E-state index in [-0.39, 0.29) is 23.4 Å².